The number of sulfonamides is 1. The Balaban J connectivity index is 2.83. The molecular formula is C9H11FN4O2S. The number of hydrogen-bond donors (Lipinski definition) is 1. The molecule has 0 spiro atoms. The lowest BCUT2D eigenvalue weighted by Crippen LogP contribution is -2.17. The van der Waals surface area contributed by atoms with Crippen molar-refractivity contribution >= 4 is 15.7 Å². The van der Waals surface area contributed by atoms with Gasteiger partial charge in [0.05, 0.1) is 5.69 Å². The lowest BCUT2D eigenvalue weighted by atomic mass is 10.1. The molecule has 0 fully saturated rings. The van der Waals surface area contributed by atoms with Gasteiger partial charge in [-0.05, 0) is 18.1 Å². The molecule has 2 rings (SSSR count). The van der Waals surface area contributed by atoms with E-state index in [1.165, 1.54) is 6.07 Å². The molecule has 0 saturated carbocycles. The topological polar surface area (TPSA) is 90.3 Å². The Hall–Kier alpha value is -1.54. The van der Waals surface area contributed by atoms with Crippen molar-refractivity contribution in [1.82, 2.24) is 14.6 Å². The first-order valence-corrected chi connectivity index (χ1v) is 6.43. The molecule has 0 aromatic carbocycles. The van der Waals surface area contributed by atoms with Crippen molar-refractivity contribution in [2.45, 2.75) is 24.8 Å². The third-order valence-corrected chi connectivity index (χ3v) is 3.16. The van der Waals surface area contributed by atoms with Crippen molar-refractivity contribution in [3.63, 3.8) is 0 Å². The highest BCUT2D eigenvalue weighted by atomic mass is 32.2. The van der Waals surface area contributed by atoms with Gasteiger partial charge in [-0.25, -0.2) is 13.6 Å². The molecule has 2 aromatic heterocycles. The Morgan fingerprint density at radius 1 is 1.41 bits per heavy atom. The molecule has 0 aliphatic carbocycles. The molecule has 2 N–H and O–H groups in total. The van der Waals surface area contributed by atoms with Gasteiger partial charge in [-0.3, -0.25) is 0 Å². The summed E-state index contributed by atoms with van der Waals surface area (Å²) in [5.41, 5.74) is 0.732. The van der Waals surface area contributed by atoms with Crippen LogP contribution in [0.4, 0.5) is 4.39 Å². The van der Waals surface area contributed by atoms with Crippen LogP contribution < -0.4 is 5.14 Å². The largest absolute Gasteiger partial charge is 0.260 e. The molecular weight excluding hydrogens is 247 g/mol. The molecule has 0 atom stereocenters. The standard InChI is InChI=1S/C9H11FN4O2S/c1-5(2)6-3-4-7-12-8(10)9(14(7)13-6)17(11,15)16/h3-5H,1-2H3,(H2,11,15,16). The van der Waals surface area contributed by atoms with Gasteiger partial charge in [0.2, 0.25) is 5.03 Å². The number of hydrogen-bond acceptors (Lipinski definition) is 4. The summed E-state index contributed by atoms with van der Waals surface area (Å²) in [5, 5.41) is 8.23. The van der Waals surface area contributed by atoms with Crippen molar-refractivity contribution < 1.29 is 12.8 Å². The summed E-state index contributed by atoms with van der Waals surface area (Å²) in [6.07, 6.45) is 0. The minimum absolute atomic E-state index is 0.0817. The third-order valence-electron chi connectivity index (χ3n) is 2.28. The van der Waals surface area contributed by atoms with Crippen LogP contribution >= 0.6 is 0 Å². The second kappa shape index (κ2) is 3.74. The van der Waals surface area contributed by atoms with E-state index in [0.29, 0.717) is 5.69 Å². The molecule has 2 heterocycles. The summed E-state index contributed by atoms with van der Waals surface area (Å²) >= 11 is 0. The molecule has 0 aliphatic heterocycles. The van der Waals surface area contributed by atoms with Crippen LogP contribution in [-0.2, 0) is 10.0 Å². The number of fused-ring (bicyclic) bond motifs is 1. The van der Waals surface area contributed by atoms with E-state index in [1.807, 2.05) is 13.8 Å². The number of nitrogens with two attached hydrogens (primary N) is 1. The number of halogens is 1. The van der Waals surface area contributed by atoms with Crippen LogP contribution in [0.15, 0.2) is 17.2 Å². The molecule has 2 aromatic rings. The Kier molecular flexibility index (Phi) is 2.63. The first-order chi connectivity index (χ1) is 7.80. The Morgan fingerprint density at radius 2 is 2.06 bits per heavy atom. The van der Waals surface area contributed by atoms with Gasteiger partial charge in [-0.15, -0.1) is 0 Å². The van der Waals surface area contributed by atoms with Crippen LogP contribution in [0.3, 0.4) is 0 Å². The summed E-state index contributed by atoms with van der Waals surface area (Å²) in [6, 6.07) is 3.17. The fourth-order valence-electron chi connectivity index (χ4n) is 1.45. The average Bonchev–Trinajstić information content (AvgIpc) is 2.51. The summed E-state index contributed by atoms with van der Waals surface area (Å²) in [7, 11) is -4.20. The van der Waals surface area contributed by atoms with Gasteiger partial charge < -0.3 is 0 Å². The van der Waals surface area contributed by atoms with E-state index in [-0.39, 0.29) is 11.6 Å². The maximum absolute atomic E-state index is 13.4. The highest BCUT2D eigenvalue weighted by Crippen LogP contribution is 2.17. The van der Waals surface area contributed by atoms with Crippen molar-refractivity contribution in [2.24, 2.45) is 5.14 Å². The van der Waals surface area contributed by atoms with Crippen LogP contribution in [0.1, 0.15) is 25.5 Å². The summed E-state index contributed by atoms with van der Waals surface area (Å²) < 4.78 is 36.8. The molecule has 0 aliphatic rings. The number of aromatic nitrogens is 3. The van der Waals surface area contributed by atoms with E-state index < -0.39 is 21.0 Å². The minimum atomic E-state index is -4.20. The maximum Gasteiger partial charge on any atom is 0.260 e. The van der Waals surface area contributed by atoms with Gasteiger partial charge in [0.1, 0.15) is 0 Å². The predicted octanol–water partition coefficient (Wildman–Crippen LogP) is 0.639. The zero-order valence-corrected chi connectivity index (χ0v) is 10.1. The van der Waals surface area contributed by atoms with Gasteiger partial charge in [-0.1, -0.05) is 13.8 Å². The van der Waals surface area contributed by atoms with Gasteiger partial charge in [-0.2, -0.15) is 19.0 Å². The van der Waals surface area contributed by atoms with E-state index in [4.69, 9.17) is 5.14 Å². The first-order valence-electron chi connectivity index (χ1n) is 4.88. The first kappa shape index (κ1) is 11.9. The van der Waals surface area contributed by atoms with E-state index in [9.17, 15) is 12.8 Å². The molecule has 0 saturated heterocycles. The Labute approximate surface area is 97.3 Å². The van der Waals surface area contributed by atoms with Crippen molar-refractivity contribution in [3.05, 3.63) is 23.8 Å². The summed E-state index contributed by atoms with van der Waals surface area (Å²) in [5.74, 6) is -1.06. The van der Waals surface area contributed by atoms with Crippen molar-refractivity contribution in [2.75, 3.05) is 0 Å². The maximum atomic E-state index is 13.4. The van der Waals surface area contributed by atoms with E-state index in [2.05, 4.69) is 10.1 Å². The Bertz CT molecular complexity index is 678. The molecule has 0 amide bonds. The van der Waals surface area contributed by atoms with Crippen molar-refractivity contribution in [3.8, 4) is 0 Å². The SMILES string of the molecule is CC(C)c1ccc2nc(F)c(S(N)(=O)=O)n2n1. The van der Waals surface area contributed by atoms with Crippen LogP contribution in [0.5, 0.6) is 0 Å². The number of imidazole rings is 1. The van der Waals surface area contributed by atoms with Gasteiger partial charge in [0.15, 0.2) is 5.65 Å². The highest BCUT2D eigenvalue weighted by molar-refractivity contribution is 7.89. The van der Waals surface area contributed by atoms with Gasteiger partial charge >= 0.3 is 0 Å². The number of nitrogens with zero attached hydrogens (tertiary/aromatic N) is 3. The van der Waals surface area contributed by atoms with Crippen LogP contribution in [0, 0.1) is 5.95 Å². The predicted molar refractivity (Wildman–Crippen MR) is 58.4 cm³/mol. The van der Waals surface area contributed by atoms with Crippen LogP contribution in [-0.4, -0.2) is 23.0 Å². The van der Waals surface area contributed by atoms with Crippen molar-refractivity contribution in [1.29, 1.82) is 0 Å². The zero-order valence-electron chi connectivity index (χ0n) is 9.25. The monoisotopic (exact) mass is 258 g/mol. The van der Waals surface area contributed by atoms with Gasteiger partial charge in [0.25, 0.3) is 16.0 Å². The summed E-state index contributed by atoms with van der Waals surface area (Å²) in [4.78, 5) is 3.45. The second-order valence-corrected chi connectivity index (χ2v) is 5.41. The fourth-order valence-corrected chi connectivity index (χ4v) is 2.10. The Morgan fingerprint density at radius 3 is 2.59 bits per heavy atom. The van der Waals surface area contributed by atoms with Crippen LogP contribution in [0.25, 0.3) is 5.65 Å². The molecule has 6 nitrogen and oxygen atoms in total. The lowest BCUT2D eigenvalue weighted by molar-refractivity contribution is 0.532. The molecule has 8 heteroatoms. The normalized spacial score (nSPS) is 12.5. The molecule has 0 bridgehead atoms. The molecule has 0 radical (unpaired) electrons. The van der Waals surface area contributed by atoms with E-state index in [0.717, 1.165) is 4.52 Å². The number of rotatable bonds is 2. The lowest BCUT2D eigenvalue weighted by Gasteiger charge is -2.05. The van der Waals surface area contributed by atoms with E-state index >= 15 is 0 Å². The quantitative estimate of drug-likeness (QED) is 0.855. The minimum Gasteiger partial charge on any atom is -0.223 e. The molecule has 17 heavy (non-hydrogen) atoms. The zero-order chi connectivity index (χ0) is 12.8. The average molecular weight is 258 g/mol. The van der Waals surface area contributed by atoms with Crippen LogP contribution in [0.2, 0.25) is 0 Å². The fraction of sp³-hybridized carbons (Fsp3) is 0.333. The summed E-state index contributed by atoms with van der Waals surface area (Å²) in [6.45, 7) is 3.77. The van der Waals surface area contributed by atoms with Gasteiger partial charge in [0, 0.05) is 0 Å². The third kappa shape index (κ3) is 2.01. The highest BCUT2D eigenvalue weighted by Gasteiger charge is 2.23. The van der Waals surface area contributed by atoms with E-state index in [1.54, 1.807) is 6.07 Å². The number of primary sulfonamides is 1. The molecule has 0 unspecified atom stereocenters. The smallest absolute Gasteiger partial charge is 0.223 e. The second-order valence-electron chi connectivity index (χ2n) is 3.94. The molecule has 92 valence electrons.